The molecule has 0 radical (unpaired) electrons. The Morgan fingerprint density at radius 3 is 2.49 bits per heavy atom. The first-order valence-corrected chi connectivity index (χ1v) is 12.0. The predicted octanol–water partition coefficient (Wildman–Crippen LogP) is 3.18. The summed E-state index contributed by atoms with van der Waals surface area (Å²) >= 11 is 6.37. The molecule has 15 heteroatoms. The average molecular weight is 571 g/mol. The van der Waals surface area contributed by atoms with Crippen molar-refractivity contribution in [2.24, 2.45) is 5.92 Å². The summed E-state index contributed by atoms with van der Waals surface area (Å²) in [6.45, 7) is 3.74. The van der Waals surface area contributed by atoms with E-state index in [-0.39, 0.29) is 48.0 Å². The van der Waals surface area contributed by atoms with E-state index in [4.69, 9.17) is 11.6 Å². The number of imidazole rings is 1. The second kappa shape index (κ2) is 10.3. The molecule has 2 aromatic heterocycles. The number of carbonyl (C=O) groups is 2. The van der Waals surface area contributed by atoms with Gasteiger partial charge in [0.15, 0.2) is 0 Å². The highest BCUT2D eigenvalue weighted by molar-refractivity contribution is 6.33. The Labute approximate surface area is 224 Å². The quantitative estimate of drug-likeness (QED) is 0.340. The third-order valence-corrected chi connectivity index (χ3v) is 6.79. The lowest BCUT2D eigenvalue weighted by molar-refractivity contribution is -0.140. The van der Waals surface area contributed by atoms with Crippen molar-refractivity contribution in [3.8, 4) is 0 Å². The number of ketones is 1. The number of halogens is 5. The molecule has 1 N–H and O–H groups in total. The maximum atomic E-state index is 13.5. The Bertz CT molecular complexity index is 1500. The van der Waals surface area contributed by atoms with Crippen molar-refractivity contribution in [2.75, 3.05) is 23.5 Å². The fourth-order valence-corrected chi connectivity index (χ4v) is 4.83. The number of carboxylic acid groups (broad SMARTS) is 1. The summed E-state index contributed by atoms with van der Waals surface area (Å²) in [7, 11) is 1.41. The van der Waals surface area contributed by atoms with Crippen molar-refractivity contribution in [2.45, 2.75) is 39.2 Å². The number of alkyl halides is 3. The molecule has 208 valence electrons. The van der Waals surface area contributed by atoms with Crippen molar-refractivity contribution in [3.63, 3.8) is 0 Å². The van der Waals surface area contributed by atoms with Crippen LogP contribution in [-0.4, -0.2) is 55.9 Å². The molecule has 4 rings (SSSR count). The minimum Gasteiger partial charge on any atom is -0.480 e. The zero-order chi connectivity index (χ0) is 28.8. The summed E-state index contributed by atoms with van der Waals surface area (Å²) < 4.78 is 55.3. The van der Waals surface area contributed by atoms with E-state index in [1.807, 2.05) is 0 Å². The number of hydrogen-bond acceptors (Lipinski definition) is 7. The summed E-state index contributed by atoms with van der Waals surface area (Å²) in [5, 5.41) is 14.6. The van der Waals surface area contributed by atoms with Crippen LogP contribution in [0.5, 0.6) is 0 Å². The minimum absolute atomic E-state index is 0.0489. The van der Waals surface area contributed by atoms with E-state index in [1.165, 1.54) is 22.8 Å². The van der Waals surface area contributed by atoms with E-state index in [0.717, 1.165) is 23.1 Å². The standard InChI is InChI=1S/C24H23ClF4N6O4/c1-12(2)20(23(38)39)32(3)35-22(37)19(25)16(10-31-35)33-6-7-34-17(9-30-18(34)11-33)21(36)14-5-4-13(26)8-15(14)24(27,28)29/h4-5,8-10,12,20H,6-7,11H2,1-3H3,(H,38,39)/t20-/m0/s1. The van der Waals surface area contributed by atoms with Crippen LogP contribution < -0.4 is 15.5 Å². The Hall–Kier alpha value is -3.94. The molecular weight excluding hydrogens is 548 g/mol. The summed E-state index contributed by atoms with van der Waals surface area (Å²) in [4.78, 5) is 44.4. The highest BCUT2D eigenvalue weighted by Gasteiger charge is 2.37. The van der Waals surface area contributed by atoms with Crippen LogP contribution in [0.3, 0.4) is 0 Å². The summed E-state index contributed by atoms with van der Waals surface area (Å²) in [5.74, 6) is -3.25. The molecule has 0 saturated heterocycles. The van der Waals surface area contributed by atoms with Gasteiger partial charge in [-0.1, -0.05) is 25.4 Å². The minimum atomic E-state index is -4.94. The van der Waals surface area contributed by atoms with Crippen LogP contribution in [0.4, 0.5) is 23.2 Å². The molecule has 0 aliphatic carbocycles. The van der Waals surface area contributed by atoms with Gasteiger partial charge >= 0.3 is 17.7 Å². The van der Waals surface area contributed by atoms with Crippen molar-refractivity contribution in [1.82, 2.24) is 19.4 Å². The highest BCUT2D eigenvalue weighted by Crippen LogP contribution is 2.34. The molecule has 0 unspecified atom stereocenters. The molecular formula is C24H23ClF4N6O4. The Morgan fingerprint density at radius 2 is 1.87 bits per heavy atom. The van der Waals surface area contributed by atoms with Gasteiger partial charge < -0.3 is 14.6 Å². The molecule has 39 heavy (non-hydrogen) atoms. The monoisotopic (exact) mass is 570 g/mol. The Balaban J connectivity index is 1.62. The number of rotatable bonds is 7. The lowest BCUT2D eigenvalue weighted by Gasteiger charge is -2.32. The topological polar surface area (TPSA) is 114 Å². The third kappa shape index (κ3) is 5.20. The second-order valence-electron chi connectivity index (χ2n) is 9.29. The van der Waals surface area contributed by atoms with Crippen molar-refractivity contribution < 1.29 is 32.3 Å². The molecule has 0 spiro atoms. The Morgan fingerprint density at radius 1 is 1.18 bits per heavy atom. The van der Waals surface area contributed by atoms with E-state index in [1.54, 1.807) is 18.7 Å². The molecule has 10 nitrogen and oxygen atoms in total. The summed E-state index contributed by atoms with van der Waals surface area (Å²) in [5.41, 5.74) is -2.69. The number of aromatic nitrogens is 4. The van der Waals surface area contributed by atoms with E-state index >= 15 is 0 Å². The van der Waals surface area contributed by atoms with Gasteiger partial charge in [0.2, 0.25) is 5.78 Å². The van der Waals surface area contributed by atoms with Gasteiger partial charge in [0, 0.05) is 25.7 Å². The van der Waals surface area contributed by atoms with Gasteiger partial charge in [-0.05, 0) is 24.1 Å². The molecule has 0 bridgehead atoms. The fraction of sp³-hybridized carbons (Fsp3) is 0.375. The lowest BCUT2D eigenvalue weighted by atomic mass is 10.0. The zero-order valence-electron chi connectivity index (χ0n) is 20.9. The maximum absolute atomic E-state index is 13.5. The first-order chi connectivity index (χ1) is 18.2. The SMILES string of the molecule is CC(C)[C@@H](C(=O)O)N(C)n1ncc(N2CCn3c(C(=O)c4ccc(F)cc4C(F)(F)F)cnc3C2)c(Cl)c1=O. The van der Waals surface area contributed by atoms with Crippen LogP contribution in [-0.2, 0) is 24.1 Å². The van der Waals surface area contributed by atoms with Crippen LogP contribution in [0, 0.1) is 11.7 Å². The van der Waals surface area contributed by atoms with Gasteiger partial charge in [-0.15, -0.1) is 4.79 Å². The highest BCUT2D eigenvalue weighted by atomic mass is 35.5. The van der Waals surface area contributed by atoms with Gasteiger partial charge in [-0.3, -0.25) is 14.6 Å². The number of fused-ring (bicyclic) bond motifs is 1. The summed E-state index contributed by atoms with van der Waals surface area (Å²) in [6.07, 6.45) is -2.49. The van der Waals surface area contributed by atoms with Gasteiger partial charge in [0.05, 0.1) is 30.2 Å². The first kappa shape index (κ1) is 28.1. The number of nitrogens with zero attached hydrogens (tertiary/aromatic N) is 6. The van der Waals surface area contributed by atoms with Crippen LogP contribution >= 0.6 is 11.6 Å². The normalized spacial score (nSPS) is 14.3. The van der Waals surface area contributed by atoms with Crippen LogP contribution in [0.15, 0.2) is 35.4 Å². The van der Waals surface area contributed by atoms with Gasteiger partial charge in [0.25, 0.3) is 0 Å². The summed E-state index contributed by atoms with van der Waals surface area (Å²) in [6, 6.07) is 0.805. The molecule has 3 aromatic rings. The number of anilines is 1. The number of carboxylic acids is 1. The lowest BCUT2D eigenvalue weighted by Crippen LogP contribution is -2.53. The molecule has 0 fully saturated rings. The number of aliphatic carboxylic acids is 1. The molecule has 1 aromatic carbocycles. The van der Waals surface area contributed by atoms with E-state index in [9.17, 15) is 37.1 Å². The van der Waals surface area contributed by atoms with Crippen molar-refractivity contribution >= 4 is 29.0 Å². The predicted molar refractivity (Wildman–Crippen MR) is 132 cm³/mol. The molecule has 1 atom stereocenters. The van der Waals surface area contributed by atoms with Gasteiger partial charge in [-0.2, -0.15) is 18.3 Å². The number of benzene rings is 1. The largest absolute Gasteiger partial charge is 0.480 e. The molecule has 0 amide bonds. The van der Waals surface area contributed by atoms with E-state index in [0.29, 0.717) is 5.82 Å². The zero-order valence-corrected chi connectivity index (χ0v) is 21.7. The van der Waals surface area contributed by atoms with Gasteiger partial charge in [0.1, 0.15) is 28.4 Å². The smallest absolute Gasteiger partial charge is 0.417 e. The number of carbonyl (C=O) groups excluding carboxylic acids is 1. The molecule has 1 aliphatic rings. The van der Waals surface area contributed by atoms with E-state index < -0.39 is 46.5 Å². The average Bonchev–Trinajstić information content (AvgIpc) is 3.27. The first-order valence-electron chi connectivity index (χ1n) is 11.7. The van der Waals surface area contributed by atoms with Crippen LogP contribution in [0.25, 0.3) is 0 Å². The van der Waals surface area contributed by atoms with Crippen LogP contribution in [0.1, 0.15) is 41.3 Å². The van der Waals surface area contributed by atoms with Crippen molar-refractivity contribution in [3.05, 3.63) is 74.4 Å². The van der Waals surface area contributed by atoms with Crippen molar-refractivity contribution in [1.29, 1.82) is 0 Å². The number of hydrogen-bond donors (Lipinski definition) is 1. The third-order valence-electron chi connectivity index (χ3n) is 6.44. The van der Waals surface area contributed by atoms with E-state index in [2.05, 4.69) is 10.1 Å². The fourth-order valence-electron chi connectivity index (χ4n) is 4.59. The second-order valence-corrected chi connectivity index (χ2v) is 9.67. The number of likely N-dealkylation sites (N-methyl/N-ethyl adjacent to an activating group) is 1. The Kier molecular flexibility index (Phi) is 7.43. The molecule has 1 aliphatic heterocycles. The van der Waals surface area contributed by atoms with Crippen LogP contribution in [0.2, 0.25) is 5.02 Å². The molecule has 0 saturated carbocycles. The van der Waals surface area contributed by atoms with Gasteiger partial charge in [-0.25, -0.2) is 14.2 Å². The maximum Gasteiger partial charge on any atom is 0.417 e. The molecule has 3 heterocycles.